The van der Waals surface area contributed by atoms with Crippen LogP contribution in [0.4, 0.5) is 4.39 Å². The third kappa shape index (κ3) is 4.65. The highest BCUT2D eigenvalue weighted by Crippen LogP contribution is 1.95. The minimum absolute atomic E-state index is 0.984. The molecule has 0 atom stereocenters. The summed E-state index contributed by atoms with van der Waals surface area (Å²) >= 11 is 0. The summed E-state index contributed by atoms with van der Waals surface area (Å²) < 4.78 is 20.1. The molecule has 0 aliphatic heterocycles. The predicted octanol–water partition coefficient (Wildman–Crippen LogP) is 0.697. The summed E-state index contributed by atoms with van der Waals surface area (Å²) in [6, 6.07) is 0. The molecule has 12 heavy (non-hydrogen) atoms. The van der Waals surface area contributed by atoms with E-state index in [-0.39, 0.29) is 0 Å². The first kappa shape index (κ1) is 13.5. The standard InChI is InChI=1S/C5H7FO4.C2H6/c1-9-4(7)3(6)5(8)10-2;1-2/h3H,1-2H3;1-2H3. The van der Waals surface area contributed by atoms with Gasteiger partial charge in [0.2, 0.25) is 0 Å². The number of carbonyl (C=O) groups is 2. The topological polar surface area (TPSA) is 52.6 Å². The smallest absolute Gasteiger partial charge is 0.352 e. The monoisotopic (exact) mass is 180 g/mol. The van der Waals surface area contributed by atoms with Gasteiger partial charge in [0.05, 0.1) is 14.2 Å². The zero-order valence-electron chi connectivity index (χ0n) is 7.59. The van der Waals surface area contributed by atoms with E-state index in [9.17, 15) is 14.0 Å². The fourth-order valence-corrected chi connectivity index (χ4v) is 0.303. The van der Waals surface area contributed by atoms with Gasteiger partial charge in [0, 0.05) is 0 Å². The highest BCUT2D eigenvalue weighted by molar-refractivity contribution is 5.97. The molecule has 4 nitrogen and oxygen atoms in total. The van der Waals surface area contributed by atoms with Gasteiger partial charge in [0.25, 0.3) is 6.17 Å². The van der Waals surface area contributed by atoms with Crippen molar-refractivity contribution in [2.45, 2.75) is 20.0 Å². The average Bonchev–Trinajstić information content (AvgIpc) is 2.17. The summed E-state index contributed by atoms with van der Waals surface area (Å²) in [5, 5.41) is 0. The van der Waals surface area contributed by atoms with Gasteiger partial charge in [-0.1, -0.05) is 13.8 Å². The highest BCUT2D eigenvalue weighted by atomic mass is 19.1. The molecular weight excluding hydrogens is 167 g/mol. The Morgan fingerprint density at radius 3 is 1.50 bits per heavy atom. The summed E-state index contributed by atoms with van der Waals surface area (Å²) in [4.78, 5) is 20.4. The number of hydrogen-bond donors (Lipinski definition) is 0. The Balaban J connectivity index is 0. The van der Waals surface area contributed by atoms with Crippen molar-refractivity contribution in [3.63, 3.8) is 0 Å². The first-order valence-corrected chi connectivity index (χ1v) is 3.43. The summed E-state index contributed by atoms with van der Waals surface area (Å²) in [5.74, 6) is -2.49. The van der Waals surface area contributed by atoms with Crippen LogP contribution in [0.3, 0.4) is 0 Å². The molecule has 0 aromatic rings. The van der Waals surface area contributed by atoms with Crippen LogP contribution >= 0.6 is 0 Å². The number of esters is 2. The van der Waals surface area contributed by atoms with Crippen LogP contribution in [0, 0.1) is 0 Å². The van der Waals surface area contributed by atoms with E-state index in [4.69, 9.17) is 0 Å². The van der Waals surface area contributed by atoms with Crippen molar-refractivity contribution < 1.29 is 23.5 Å². The maximum absolute atomic E-state index is 12.2. The van der Waals surface area contributed by atoms with Crippen LogP contribution in [-0.2, 0) is 19.1 Å². The van der Waals surface area contributed by atoms with E-state index in [1.165, 1.54) is 0 Å². The Kier molecular flexibility index (Phi) is 8.94. The normalized spacial score (nSPS) is 8.17. The molecule has 0 N–H and O–H groups in total. The largest absolute Gasteiger partial charge is 0.466 e. The molecule has 0 heterocycles. The Morgan fingerprint density at radius 2 is 1.33 bits per heavy atom. The van der Waals surface area contributed by atoms with E-state index in [1.807, 2.05) is 13.8 Å². The lowest BCUT2D eigenvalue weighted by atomic mass is 10.4. The SMILES string of the molecule is CC.COC(=O)C(F)C(=O)OC. The molecule has 0 aromatic carbocycles. The number of methoxy groups -OCH3 is 2. The lowest BCUT2D eigenvalue weighted by molar-refractivity contribution is -0.160. The predicted molar refractivity (Wildman–Crippen MR) is 40.3 cm³/mol. The molecule has 0 unspecified atom stereocenters. The van der Waals surface area contributed by atoms with Gasteiger partial charge in [-0.2, -0.15) is 0 Å². The first-order valence-electron chi connectivity index (χ1n) is 3.43. The molecule has 0 aromatic heterocycles. The molecule has 0 saturated heterocycles. The first-order chi connectivity index (χ1) is 5.63. The van der Waals surface area contributed by atoms with Gasteiger partial charge in [0.1, 0.15) is 0 Å². The van der Waals surface area contributed by atoms with Gasteiger partial charge in [-0.25, -0.2) is 14.0 Å². The van der Waals surface area contributed by atoms with E-state index < -0.39 is 18.1 Å². The minimum atomic E-state index is -2.32. The van der Waals surface area contributed by atoms with Crippen molar-refractivity contribution in [1.29, 1.82) is 0 Å². The van der Waals surface area contributed by atoms with Gasteiger partial charge in [-0.05, 0) is 0 Å². The van der Waals surface area contributed by atoms with Crippen LogP contribution in [0.2, 0.25) is 0 Å². The Hall–Kier alpha value is -1.13. The van der Waals surface area contributed by atoms with Gasteiger partial charge in [-0.3, -0.25) is 0 Å². The summed E-state index contributed by atoms with van der Waals surface area (Å²) in [5.41, 5.74) is 0. The molecule has 0 aliphatic rings. The van der Waals surface area contributed by atoms with Crippen LogP contribution in [0.1, 0.15) is 13.8 Å². The van der Waals surface area contributed by atoms with Crippen LogP contribution in [0.25, 0.3) is 0 Å². The van der Waals surface area contributed by atoms with E-state index in [1.54, 1.807) is 0 Å². The number of carbonyl (C=O) groups excluding carboxylic acids is 2. The highest BCUT2D eigenvalue weighted by Gasteiger charge is 2.27. The van der Waals surface area contributed by atoms with Crippen molar-refractivity contribution >= 4 is 11.9 Å². The second-order valence-corrected chi connectivity index (χ2v) is 1.41. The van der Waals surface area contributed by atoms with E-state index in [0.29, 0.717) is 0 Å². The molecule has 0 spiro atoms. The average molecular weight is 180 g/mol. The fourth-order valence-electron chi connectivity index (χ4n) is 0.303. The van der Waals surface area contributed by atoms with Gasteiger partial charge >= 0.3 is 11.9 Å². The lowest BCUT2D eigenvalue weighted by Gasteiger charge is -2.01. The van der Waals surface area contributed by atoms with Gasteiger partial charge in [-0.15, -0.1) is 0 Å². The Labute approximate surface area is 70.7 Å². The molecule has 0 fully saturated rings. The van der Waals surface area contributed by atoms with Gasteiger partial charge < -0.3 is 9.47 Å². The van der Waals surface area contributed by atoms with Crippen LogP contribution in [0.15, 0.2) is 0 Å². The molecule has 0 rings (SSSR count). The van der Waals surface area contributed by atoms with Crippen molar-refractivity contribution in [2.24, 2.45) is 0 Å². The Morgan fingerprint density at radius 1 is 1.08 bits per heavy atom. The zero-order valence-corrected chi connectivity index (χ0v) is 7.59. The lowest BCUT2D eigenvalue weighted by Crippen LogP contribution is -2.27. The molecule has 5 heteroatoms. The third-order valence-electron chi connectivity index (χ3n) is 0.816. The number of alkyl halides is 1. The molecule has 72 valence electrons. The molecule has 0 aliphatic carbocycles. The second kappa shape index (κ2) is 7.97. The maximum Gasteiger partial charge on any atom is 0.352 e. The molecule has 0 saturated carbocycles. The number of ether oxygens (including phenoxy) is 2. The Bertz CT molecular complexity index is 130. The van der Waals surface area contributed by atoms with Crippen molar-refractivity contribution in [1.82, 2.24) is 0 Å². The molecule has 0 amide bonds. The van der Waals surface area contributed by atoms with Crippen LogP contribution < -0.4 is 0 Å². The minimum Gasteiger partial charge on any atom is -0.466 e. The van der Waals surface area contributed by atoms with Crippen molar-refractivity contribution in [3.05, 3.63) is 0 Å². The van der Waals surface area contributed by atoms with E-state index >= 15 is 0 Å². The molecule has 0 radical (unpaired) electrons. The summed E-state index contributed by atoms with van der Waals surface area (Å²) in [6.45, 7) is 4.00. The fraction of sp³-hybridized carbons (Fsp3) is 0.714. The van der Waals surface area contributed by atoms with Crippen LogP contribution in [0.5, 0.6) is 0 Å². The second-order valence-electron chi connectivity index (χ2n) is 1.41. The molecular formula is C7H13FO4. The summed E-state index contributed by atoms with van der Waals surface area (Å²) in [7, 11) is 1.97. The van der Waals surface area contributed by atoms with Gasteiger partial charge in [0.15, 0.2) is 0 Å². The zero-order chi connectivity index (χ0) is 10.1. The van der Waals surface area contributed by atoms with Crippen molar-refractivity contribution in [3.8, 4) is 0 Å². The van der Waals surface area contributed by atoms with Crippen LogP contribution in [-0.4, -0.2) is 32.3 Å². The van der Waals surface area contributed by atoms with E-state index in [0.717, 1.165) is 14.2 Å². The summed E-state index contributed by atoms with van der Waals surface area (Å²) in [6.07, 6.45) is -2.32. The van der Waals surface area contributed by atoms with E-state index in [2.05, 4.69) is 9.47 Å². The quantitative estimate of drug-likeness (QED) is 0.463. The van der Waals surface area contributed by atoms with Crippen molar-refractivity contribution in [2.75, 3.05) is 14.2 Å². The molecule has 0 bridgehead atoms. The number of halogens is 1. The third-order valence-corrected chi connectivity index (χ3v) is 0.816. The maximum atomic E-state index is 12.2. The number of hydrogen-bond acceptors (Lipinski definition) is 4. The number of rotatable bonds is 2.